The summed E-state index contributed by atoms with van der Waals surface area (Å²) in [5, 5.41) is 0.954. The van der Waals surface area contributed by atoms with Gasteiger partial charge in [-0.15, -0.1) is 0 Å². The average molecular weight is 515 g/mol. The summed E-state index contributed by atoms with van der Waals surface area (Å²) in [7, 11) is 0. The van der Waals surface area contributed by atoms with Gasteiger partial charge >= 0.3 is 5.63 Å². The van der Waals surface area contributed by atoms with Crippen molar-refractivity contribution >= 4 is 22.3 Å². The van der Waals surface area contributed by atoms with Crippen LogP contribution < -0.4 is 15.1 Å². The SMILES string of the molecule is O=C1C(c2ccc3c(c2)OCCO3)=COC2CC(OCc3cc(=O)oc4cc5c(cc34)CCCC5)CCC12. The first-order valence-corrected chi connectivity index (χ1v) is 13.6. The second-order valence-corrected chi connectivity index (χ2v) is 10.7. The molecule has 3 atom stereocenters. The van der Waals surface area contributed by atoms with Gasteiger partial charge < -0.3 is 23.4 Å². The summed E-state index contributed by atoms with van der Waals surface area (Å²) in [5.41, 5.74) is 5.13. The summed E-state index contributed by atoms with van der Waals surface area (Å²) in [6.45, 7) is 1.35. The molecule has 0 radical (unpaired) electrons. The van der Waals surface area contributed by atoms with Crippen LogP contribution in [-0.4, -0.2) is 31.2 Å². The monoisotopic (exact) mass is 514 g/mol. The molecule has 1 aromatic heterocycles. The number of Topliss-reactive ketones (excluding diaryl/α,β-unsaturated/α-hetero) is 1. The van der Waals surface area contributed by atoms with E-state index in [4.69, 9.17) is 23.4 Å². The van der Waals surface area contributed by atoms with Gasteiger partial charge in [-0.1, -0.05) is 6.07 Å². The van der Waals surface area contributed by atoms with Crippen LogP contribution in [0, 0.1) is 5.92 Å². The molecule has 0 spiro atoms. The third kappa shape index (κ3) is 4.29. The highest BCUT2D eigenvalue weighted by molar-refractivity contribution is 6.22. The van der Waals surface area contributed by atoms with Crippen molar-refractivity contribution in [3.63, 3.8) is 0 Å². The van der Waals surface area contributed by atoms with Gasteiger partial charge in [-0.2, -0.15) is 0 Å². The van der Waals surface area contributed by atoms with Crippen LogP contribution in [0.1, 0.15) is 54.4 Å². The number of carbonyl (C=O) groups is 1. The number of ketones is 1. The zero-order valence-corrected chi connectivity index (χ0v) is 21.2. The third-order valence-electron chi connectivity index (χ3n) is 8.33. The molecule has 0 amide bonds. The molecule has 0 bridgehead atoms. The molecular formula is C31H30O7. The molecule has 196 valence electrons. The first-order valence-electron chi connectivity index (χ1n) is 13.6. The Labute approximate surface area is 220 Å². The molecule has 1 fully saturated rings. The van der Waals surface area contributed by atoms with Crippen LogP contribution in [0.25, 0.3) is 16.5 Å². The third-order valence-corrected chi connectivity index (χ3v) is 8.33. The normalized spacial score (nSPS) is 24.3. The molecule has 7 rings (SSSR count). The van der Waals surface area contributed by atoms with Gasteiger partial charge in [0.1, 0.15) is 24.9 Å². The number of carbonyl (C=O) groups excluding carboxylic acids is 1. The molecule has 3 heterocycles. The zero-order chi connectivity index (χ0) is 25.6. The second-order valence-electron chi connectivity index (χ2n) is 10.7. The Hall–Kier alpha value is -3.58. The second kappa shape index (κ2) is 9.62. The fourth-order valence-corrected chi connectivity index (χ4v) is 6.31. The number of rotatable bonds is 4. The van der Waals surface area contributed by atoms with E-state index in [1.807, 2.05) is 24.3 Å². The number of allylic oxidation sites excluding steroid dienone is 1. The lowest BCUT2D eigenvalue weighted by Gasteiger charge is -2.37. The number of hydrogen-bond acceptors (Lipinski definition) is 7. The van der Waals surface area contributed by atoms with Crippen molar-refractivity contribution in [3.8, 4) is 11.5 Å². The van der Waals surface area contributed by atoms with Crippen molar-refractivity contribution in [2.24, 2.45) is 5.92 Å². The van der Waals surface area contributed by atoms with Gasteiger partial charge in [0.25, 0.3) is 0 Å². The van der Waals surface area contributed by atoms with Gasteiger partial charge in [0.05, 0.1) is 30.5 Å². The summed E-state index contributed by atoms with van der Waals surface area (Å²) in [4.78, 5) is 25.7. The van der Waals surface area contributed by atoms with E-state index in [1.165, 1.54) is 24.0 Å². The van der Waals surface area contributed by atoms with Crippen molar-refractivity contribution in [1.29, 1.82) is 0 Å². The lowest BCUT2D eigenvalue weighted by Crippen LogP contribution is -2.41. The van der Waals surface area contributed by atoms with Gasteiger partial charge in [-0.05, 0) is 85.0 Å². The van der Waals surface area contributed by atoms with Gasteiger partial charge in [0, 0.05) is 17.9 Å². The smallest absolute Gasteiger partial charge is 0.336 e. The van der Waals surface area contributed by atoms with Gasteiger partial charge in [0.15, 0.2) is 17.3 Å². The van der Waals surface area contributed by atoms with E-state index in [2.05, 4.69) is 6.07 Å². The summed E-state index contributed by atoms with van der Waals surface area (Å²) in [5.74, 6) is 1.26. The van der Waals surface area contributed by atoms with E-state index in [0.29, 0.717) is 55.3 Å². The van der Waals surface area contributed by atoms with Crippen molar-refractivity contribution in [2.45, 2.75) is 63.8 Å². The maximum atomic E-state index is 13.4. The molecule has 0 N–H and O–H groups in total. The average Bonchev–Trinajstić information content (AvgIpc) is 2.95. The predicted molar refractivity (Wildman–Crippen MR) is 140 cm³/mol. The molecule has 38 heavy (non-hydrogen) atoms. The highest BCUT2D eigenvalue weighted by Crippen LogP contribution is 2.40. The summed E-state index contributed by atoms with van der Waals surface area (Å²) in [6, 6.07) is 11.3. The lowest BCUT2D eigenvalue weighted by atomic mass is 9.78. The molecule has 2 aromatic carbocycles. The van der Waals surface area contributed by atoms with E-state index in [0.717, 1.165) is 35.8 Å². The standard InChI is InChI=1S/C31H30O7/c32-30-14-21(24-11-18-3-1-2-4-19(18)12-28(24)38-30)16-36-22-6-7-23-27(15-22)37-17-25(31(23)33)20-5-8-26-29(13-20)35-10-9-34-26/h5,8,11-14,17,22-23,27H,1-4,6-7,9-10,15-16H2. The molecule has 7 heteroatoms. The van der Waals surface area contributed by atoms with Crippen LogP contribution in [0.3, 0.4) is 0 Å². The summed E-state index contributed by atoms with van der Waals surface area (Å²) >= 11 is 0. The fraction of sp³-hybridized carbons (Fsp3) is 0.419. The van der Waals surface area contributed by atoms with Crippen molar-refractivity contribution in [1.82, 2.24) is 0 Å². The van der Waals surface area contributed by atoms with E-state index in [-0.39, 0.29) is 29.5 Å². The molecule has 3 aromatic rings. The van der Waals surface area contributed by atoms with Gasteiger partial charge in [-0.3, -0.25) is 4.79 Å². The van der Waals surface area contributed by atoms with E-state index < -0.39 is 0 Å². The van der Waals surface area contributed by atoms with Crippen molar-refractivity contribution < 1.29 is 28.2 Å². The first kappa shape index (κ1) is 23.5. The number of hydrogen-bond donors (Lipinski definition) is 0. The van der Waals surface area contributed by atoms with E-state index >= 15 is 0 Å². The van der Waals surface area contributed by atoms with Crippen molar-refractivity contribution in [2.75, 3.05) is 13.2 Å². The zero-order valence-electron chi connectivity index (χ0n) is 21.2. The fourth-order valence-electron chi connectivity index (χ4n) is 6.31. The van der Waals surface area contributed by atoms with Crippen LogP contribution in [0.15, 0.2) is 51.9 Å². The predicted octanol–water partition coefficient (Wildman–Crippen LogP) is 5.14. The number of ether oxygens (including phenoxy) is 4. The Morgan fingerprint density at radius 1 is 0.895 bits per heavy atom. The highest BCUT2D eigenvalue weighted by Gasteiger charge is 2.41. The maximum absolute atomic E-state index is 13.4. The van der Waals surface area contributed by atoms with Crippen LogP contribution >= 0.6 is 0 Å². The van der Waals surface area contributed by atoms with E-state index in [9.17, 15) is 9.59 Å². The topological polar surface area (TPSA) is 84.2 Å². The Morgan fingerprint density at radius 3 is 2.58 bits per heavy atom. The van der Waals surface area contributed by atoms with Gasteiger partial charge in [-0.25, -0.2) is 4.79 Å². The molecular weight excluding hydrogens is 484 g/mol. The molecule has 2 aliphatic heterocycles. The Bertz CT molecular complexity index is 1500. The Morgan fingerprint density at radius 2 is 1.71 bits per heavy atom. The minimum atomic E-state index is -0.353. The highest BCUT2D eigenvalue weighted by atomic mass is 16.6. The molecule has 0 saturated heterocycles. The molecule has 7 nitrogen and oxygen atoms in total. The van der Waals surface area contributed by atoms with Crippen LogP contribution in [0.4, 0.5) is 0 Å². The van der Waals surface area contributed by atoms with Crippen LogP contribution in [-0.2, 0) is 33.7 Å². The van der Waals surface area contributed by atoms with Crippen LogP contribution in [0.2, 0.25) is 0 Å². The lowest BCUT2D eigenvalue weighted by molar-refractivity contribution is -0.128. The van der Waals surface area contributed by atoms with Crippen molar-refractivity contribution in [3.05, 3.63) is 75.3 Å². The molecule has 2 aliphatic carbocycles. The van der Waals surface area contributed by atoms with Gasteiger partial charge in [0.2, 0.25) is 0 Å². The number of benzene rings is 2. The first-order chi connectivity index (χ1) is 18.6. The van der Waals surface area contributed by atoms with E-state index in [1.54, 1.807) is 12.3 Å². The maximum Gasteiger partial charge on any atom is 0.336 e. The number of fused-ring (bicyclic) bond motifs is 4. The Balaban J connectivity index is 1.05. The summed E-state index contributed by atoms with van der Waals surface area (Å²) < 4.78 is 29.2. The van der Waals surface area contributed by atoms with Crippen LogP contribution in [0.5, 0.6) is 11.5 Å². The minimum absolute atomic E-state index is 0.0479. The molecule has 3 unspecified atom stereocenters. The summed E-state index contributed by atoms with van der Waals surface area (Å²) in [6.07, 6.45) is 7.88. The Kier molecular flexibility index (Phi) is 5.96. The molecule has 1 saturated carbocycles. The minimum Gasteiger partial charge on any atom is -0.496 e. The molecule has 4 aliphatic rings. The largest absolute Gasteiger partial charge is 0.496 e. The quantitative estimate of drug-likeness (QED) is 0.446. The number of aryl methyl sites for hydroxylation is 2.